The fourth-order valence-electron chi connectivity index (χ4n) is 3.50. The number of rotatable bonds is 7. The number of aromatic amines is 1. The summed E-state index contributed by atoms with van der Waals surface area (Å²) in [6, 6.07) is 17.4. The van der Waals surface area contributed by atoms with E-state index < -0.39 is 0 Å². The third-order valence-electron chi connectivity index (χ3n) is 5.15. The summed E-state index contributed by atoms with van der Waals surface area (Å²) in [6.45, 7) is 1.85. The highest BCUT2D eigenvalue weighted by Crippen LogP contribution is 2.18. The highest BCUT2D eigenvalue weighted by Gasteiger charge is 2.10. The Balaban J connectivity index is 1.44. The average molecular weight is 416 g/mol. The first-order valence-corrected chi connectivity index (χ1v) is 10.1. The smallest absolute Gasteiger partial charge is 0.244 e. The lowest BCUT2D eigenvalue weighted by atomic mass is 10.1. The summed E-state index contributed by atoms with van der Waals surface area (Å²) >= 11 is 0. The lowest BCUT2D eigenvalue weighted by molar-refractivity contribution is -0.116. The summed E-state index contributed by atoms with van der Waals surface area (Å²) in [7, 11) is 1.43. The molecule has 158 valence electrons. The summed E-state index contributed by atoms with van der Waals surface area (Å²) in [5.74, 6) is 0.926. The minimum Gasteiger partial charge on any atom is -0.491 e. The predicted octanol–water partition coefficient (Wildman–Crippen LogP) is 3.47. The van der Waals surface area contributed by atoms with Gasteiger partial charge in [0.15, 0.2) is 5.75 Å². The lowest BCUT2D eigenvalue weighted by Crippen LogP contribution is -2.21. The Kier molecular flexibility index (Phi) is 5.84. The van der Waals surface area contributed by atoms with Crippen LogP contribution in [0.3, 0.4) is 0 Å². The van der Waals surface area contributed by atoms with Crippen molar-refractivity contribution < 1.29 is 9.53 Å². The van der Waals surface area contributed by atoms with Crippen LogP contribution in [-0.4, -0.2) is 27.6 Å². The van der Waals surface area contributed by atoms with Crippen LogP contribution in [0.5, 0.6) is 5.75 Å². The van der Waals surface area contributed by atoms with Crippen LogP contribution in [0, 0.1) is 6.92 Å². The van der Waals surface area contributed by atoms with Crippen LogP contribution < -0.4 is 15.5 Å². The van der Waals surface area contributed by atoms with Crippen LogP contribution in [0.4, 0.5) is 5.69 Å². The number of pyridine rings is 1. The Labute approximate surface area is 179 Å². The second-order valence-corrected chi connectivity index (χ2v) is 7.42. The molecule has 7 heteroatoms. The molecule has 0 saturated heterocycles. The van der Waals surface area contributed by atoms with Crippen molar-refractivity contribution in [3.8, 4) is 5.75 Å². The molecule has 2 aromatic heterocycles. The summed E-state index contributed by atoms with van der Waals surface area (Å²) in [5, 5.41) is 2.90. The number of aryl methyl sites for hydroxylation is 3. The van der Waals surface area contributed by atoms with E-state index in [0.29, 0.717) is 11.4 Å². The van der Waals surface area contributed by atoms with Gasteiger partial charge in [-0.05, 0) is 37.1 Å². The second kappa shape index (κ2) is 8.87. The van der Waals surface area contributed by atoms with Crippen LogP contribution in [0.1, 0.15) is 17.1 Å². The first-order valence-electron chi connectivity index (χ1n) is 10.1. The predicted molar refractivity (Wildman–Crippen MR) is 121 cm³/mol. The molecule has 0 aliphatic carbocycles. The molecular formula is C24H24N4O3. The fraction of sp³-hybridized carbons (Fsp3) is 0.208. The molecule has 0 atom stereocenters. The molecule has 0 aliphatic heterocycles. The number of H-pyrrole nitrogens is 1. The van der Waals surface area contributed by atoms with Crippen LogP contribution in [0.15, 0.2) is 65.6 Å². The monoisotopic (exact) mass is 416 g/mol. The van der Waals surface area contributed by atoms with Gasteiger partial charge in [-0.25, -0.2) is 4.98 Å². The largest absolute Gasteiger partial charge is 0.491 e. The zero-order valence-electron chi connectivity index (χ0n) is 17.5. The molecule has 0 bridgehead atoms. The Morgan fingerprint density at radius 1 is 1.13 bits per heavy atom. The molecule has 2 heterocycles. The molecular weight excluding hydrogens is 392 g/mol. The molecule has 0 aliphatic rings. The highest BCUT2D eigenvalue weighted by molar-refractivity contribution is 5.93. The maximum Gasteiger partial charge on any atom is 0.244 e. The maximum absolute atomic E-state index is 12.5. The van der Waals surface area contributed by atoms with Gasteiger partial charge in [0.1, 0.15) is 12.4 Å². The Morgan fingerprint density at radius 3 is 2.71 bits per heavy atom. The number of carbonyl (C=O) groups is 1. The summed E-state index contributed by atoms with van der Waals surface area (Å²) in [5.41, 5.74) is 4.17. The quantitative estimate of drug-likeness (QED) is 0.483. The minimum absolute atomic E-state index is 0.0752. The van der Waals surface area contributed by atoms with Crippen LogP contribution in [-0.2, 0) is 24.2 Å². The zero-order chi connectivity index (χ0) is 21.8. The van der Waals surface area contributed by atoms with Gasteiger partial charge >= 0.3 is 0 Å². The molecule has 0 unspecified atom stereocenters. The van der Waals surface area contributed by atoms with Gasteiger partial charge < -0.3 is 19.6 Å². The van der Waals surface area contributed by atoms with Gasteiger partial charge in [-0.2, -0.15) is 0 Å². The molecule has 7 nitrogen and oxygen atoms in total. The topological polar surface area (TPSA) is 89.0 Å². The molecule has 1 amide bonds. The molecule has 31 heavy (non-hydrogen) atoms. The van der Waals surface area contributed by atoms with E-state index in [4.69, 9.17) is 4.74 Å². The lowest BCUT2D eigenvalue weighted by Gasteiger charge is -2.12. The van der Waals surface area contributed by atoms with Crippen molar-refractivity contribution in [2.75, 3.05) is 12.4 Å². The molecule has 4 rings (SSSR count). The van der Waals surface area contributed by atoms with Crippen LogP contribution in [0.2, 0.25) is 0 Å². The van der Waals surface area contributed by atoms with E-state index in [1.165, 1.54) is 18.7 Å². The third-order valence-corrected chi connectivity index (χ3v) is 5.15. The second-order valence-electron chi connectivity index (χ2n) is 7.42. The molecule has 0 radical (unpaired) electrons. The summed E-state index contributed by atoms with van der Waals surface area (Å²) in [6.07, 6.45) is 3.27. The number of benzene rings is 2. The van der Waals surface area contributed by atoms with E-state index >= 15 is 0 Å². The summed E-state index contributed by atoms with van der Waals surface area (Å²) in [4.78, 5) is 32.3. The fourth-order valence-corrected chi connectivity index (χ4v) is 3.50. The number of nitrogens with zero attached hydrogens (tertiary/aromatic N) is 2. The number of ether oxygens (including phenoxy) is 1. The van der Waals surface area contributed by atoms with E-state index in [1.807, 2.05) is 36.4 Å². The van der Waals surface area contributed by atoms with Gasteiger partial charge in [0.2, 0.25) is 11.3 Å². The van der Waals surface area contributed by atoms with Gasteiger partial charge in [0, 0.05) is 23.9 Å². The number of methoxy groups -OCH3 is 1. The first kappa shape index (κ1) is 20.4. The van der Waals surface area contributed by atoms with Crippen molar-refractivity contribution in [2.24, 2.45) is 0 Å². The molecule has 4 aromatic rings. The number of imidazole rings is 1. The molecule has 0 spiro atoms. The van der Waals surface area contributed by atoms with Crippen LogP contribution in [0.25, 0.3) is 11.0 Å². The van der Waals surface area contributed by atoms with E-state index in [0.717, 1.165) is 29.7 Å². The van der Waals surface area contributed by atoms with E-state index in [1.54, 1.807) is 17.7 Å². The van der Waals surface area contributed by atoms with Crippen molar-refractivity contribution in [1.82, 2.24) is 14.5 Å². The number of fused-ring (bicyclic) bond motifs is 1. The normalized spacial score (nSPS) is 10.9. The van der Waals surface area contributed by atoms with Gasteiger partial charge in [0.05, 0.1) is 24.3 Å². The van der Waals surface area contributed by atoms with E-state index in [9.17, 15) is 9.59 Å². The van der Waals surface area contributed by atoms with E-state index in [-0.39, 0.29) is 23.6 Å². The van der Waals surface area contributed by atoms with Crippen molar-refractivity contribution in [3.05, 3.63) is 88.1 Å². The third kappa shape index (κ3) is 4.83. The SMILES string of the molecule is COc1cn(CC(=O)Nc2ccc3nc(CCc4ccccc4)[nH]c3c2)c(C)cc1=O. The van der Waals surface area contributed by atoms with E-state index in [2.05, 4.69) is 27.4 Å². The van der Waals surface area contributed by atoms with Gasteiger partial charge in [-0.15, -0.1) is 0 Å². The molecule has 0 saturated carbocycles. The number of nitrogens with one attached hydrogen (secondary N) is 2. The number of aromatic nitrogens is 3. The molecule has 0 fully saturated rings. The number of hydrogen-bond donors (Lipinski definition) is 2. The van der Waals surface area contributed by atoms with Crippen molar-refractivity contribution in [1.29, 1.82) is 0 Å². The number of hydrogen-bond acceptors (Lipinski definition) is 4. The van der Waals surface area contributed by atoms with Crippen molar-refractivity contribution >= 4 is 22.6 Å². The van der Waals surface area contributed by atoms with Crippen molar-refractivity contribution in [2.45, 2.75) is 26.3 Å². The molecule has 2 aromatic carbocycles. The van der Waals surface area contributed by atoms with Gasteiger partial charge in [-0.1, -0.05) is 30.3 Å². The standard InChI is InChI=1S/C24H24N4O3/c1-16-12-21(29)22(31-2)14-28(16)15-24(30)25-18-9-10-19-20(13-18)27-23(26-19)11-8-17-6-4-3-5-7-17/h3-7,9-10,12-14H,8,11,15H2,1-2H3,(H,25,30)(H,26,27). The zero-order valence-corrected chi connectivity index (χ0v) is 17.5. The van der Waals surface area contributed by atoms with Gasteiger partial charge in [0.25, 0.3) is 0 Å². The first-order chi connectivity index (χ1) is 15.0. The molecule has 2 N–H and O–H groups in total. The minimum atomic E-state index is -0.204. The van der Waals surface area contributed by atoms with Gasteiger partial charge in [-0.3, -0.25) is 9.59 Å². The Bertz CT molecular complexity index is 1280. The van der Waals surface area contributed by atoms with Crippen LogP contribution >= 0.6 is 0 Å². The Hall–Kier alpha value is -3.87. The number of carbonyl (C=O) groups excluding carboxylic acids is 1. The average Bonchev–Trinajstić information content (AvgIpc) is 3.17. The van der Waals surface area contributed by atoms with Crippen molar-refractivity contribution in [3.63, 3.8) is 0 Å². The number of amides is 1. The number of anilines is 1. The highest BCUT2D eigenvalue weighted by atomic mass is 16.5. The Morgan fingerprint density at radius 2 is 1.94 bits per heavy atom. The maximum atomic E-state index is 12.5. The summed E-state index contributed by atoms with van der Waals surface area (Å²) < 4.78 is 6.75.